The van der Waals surface area contributed by atoms with Crippen molar-refractivity contribution in [2.75, 3.05) is 0 Å². The summed E-state index contributed by atoms with van der Waals surface area (Å²) < 4.78 is 0.634. The zero-order valence-electron chi connectivity index (χ0n) is 6.93. The summed E-state index contributed by atoms with van der Waals surface area (Å²) in [4.78, 5) is 10.4. The van der Waals surface area contributed by atoms with Crippen molar-refractivity contribution in [3.63, 3.8) is 0 Å². The second kappa shape index (κ2) is 2.42. The summed E-state index contributed by atoms with van der Waals surface area (Å²) in [5, 5.41) is 0. The van der Waals surface area contributed by atoms with Crippen molar-refractivity contribution in [3.05, 3.63) is 22.2 Å². The number of rotatable bonds is 0. The van der Waals surface area contributed by atoms with Crippen LogP contribution in [0.3, 0.4) is 0 Å². The van der Waals surface area contributed by atoms with E-state index in [4.69, 9.17) is 12.2 Å². The zero-order chi connectivity index (χ0) is 8.72. The van der Waals surface area contributed by atoms with Gasteiger partial charge in [-0.25, -0.2) is 4.98 Å². The van der Waals surface area contributed by atoms with Crippen LogP contribution in [0.1, 0.15) is 11.5 Å². The molecular weight excluding hydrogens is 170 g/mol. The van der Waals surface area contributed by atoms with Gasteiger partial charge in [0.1, 0.15) is 5.82 Å². The van der Waals surface area contributed by atoms with Gasteiger partial charge in [-0.15, -0.1) is 0 Å². The molecule has 0 amide bonds. The van der Waals surface area contributed by atoms with Gasteiger partial charge in [-0.1, -0.05) is 12.2 Å². The van der Waals surface area contributed by atoms with E-state index in [9.17, 15) is 0 Å². The van der Waals surface area contributed by atoms with E-state index in [0.717, 1.165) is 22.6 Å². The summed E-state index contributed by atoms with van der Waals surface area (Å²) in [6.45, 7) is 3.90. The van der Waals surface area contributed by atoms with Crippen LogP contribution in [0.15, 0.2) is 6.07 Å². The maximum Gasteiger partial charge on any atom is 0.153 e. The van der Waals surface area contributed by atoms with Crippen molar-refractivity contribution < 1.29 is 0 Å². The van der Waals surface area contributed by atoms with Gasteiger partial charge in [-0.3, -0.25) is 0 Å². The summed E-state index contributed by atoms with van der Waals surface area (Å²) in [5.41, 5.74) is 3.05. The predicted octanol–water partition coefficient (Wildman–Crippen LogP) is 2.24. The number of nitrogens with zero attached hydrogens (tertiary/aromatic N) is 1. The molecule has 12 heavy (non-hydrogen) atoms. The second-order valence-corrected chi connectivity index (χ2v) is 3.26. The van der Waals surface area contributed by atoms with E-state index < -0.39 is 0 Å². The van der Waals surface area contributed by atoms with Gasteiger partial charge >= 0.3 is 0 Å². The fourth-order valence-corrected chi connectivity index (χ4v) is 1.59. The second-order valence-electron chi connectivity index (χ2n) is 2.87. The Hall–Kier alpha value is -1.16. The maximum atomic E-state index is 5.09. The molecule has 2 heterocycles. The molecule has 0 radical (unpaired) electrons. The van der Waals surface area contributed by atoms with E-state index in [0.29, 0.717) is 4.64 Å². The molecular formula is C8H9N3S. The average Bonchev–Trinajstić information content (AvgIpc) is 2.29. The van der Waals surface area contributed by atoms with E-state index >= 15 is 0 Å². The first-order valence-electron chi connectivity index (χ1n) is 3.73. The first-order valence-corrected chi connectivity index (χ1v) is 4.14. The lowest BCUT2D eigenvalue weighted by molar-refractivity contribution is 1.08. The smallest absolute Gasteiger partial charge is 0.153 e. The standard InChI is InChI=1S/C8H9N3S/c1-4-3-6-7(9-4)8(12)11-5(2)10-6/h3,9H,1-2H3,(H,10,11,12). The third kappa shape index (κ3) is 1.04. The van der Waals surface area contributed by atoms with E-state index in [-0.39, 0.29) is 0 Å². The Balaban J connectivity index is 2.98. The summed E-state index contributed by atoms with van der Waals surface area (Å²) in [6, 6.07) is 2.03. The lowest BCUT2D eigenvalue weighted by Crippen LogP contribution is -1.87. The van der Waals surface area contributed by atoms with E-state index in [1.807, 2.05) is 19.9 Å². The number of aromatic nitrogens is 3. The summed E-state index contributed by atoms with van der Waals surface area (Å²) in [5.74, 6) is 0.853. The van der Waals surface area contributed by atoms with Crippen LogP contribution in [0.5, 0.6) is 0 Å². The highest BCUT2D eigenvalue weighted by Gasteiger charge is 2.00. The van der Waals surface area contributed by atoms with Gasteiger partial charge in [0, 0.05) is 5.69 Å². The molecule has 4 heteroatoms. The number of H-pyrrole nitrogens is 2. The fraction of sp³-hybridized carbons (Fsp3) is 0.250. The largest absolute Gasteiger partial charge is 0.355 e. The summed E-state index contributed by atoms with van der Waals surface area (Å²) >= 11 is 5.09. The van der Waals surface area contributed by atoms with Gasteiger partial charge in [0.2, 0.25) is 0 Å². The van der Waals surface area contributed by atoms with Gasteiger partial charge in [0.15, 0.2) is 4.64 Å². The van der Waals surface area contributed by atoms with Gasteiger partial charge < -0.3 is 9.97 Å². The molecule has 62 valence electrons. The van der Waals surface area contributed by atoms with Crippen molar-refractivity contribution in [1.82, 2.24) is 15.0 Å². The number of fused-ring (bicyclic) bond motifs is 1. The van der Waals surface area contributed by atoms with Crippen molar-refractivity contribution in [2.24, 2.45) is 0 Å². The summed E-state index contributed by atoms with van der Waals surface area (Å²) in [6.07, 6.45) is 0. The molecule has 3 nitrogen and oxygen atoms in total. The molecule has 0 spiro atoms. The first kappa shape index (κ1) is 7.49. The molecule has 2 aromatic rings. The zero-order valence-corrected chi connectivity index (χ0v) is 7.75. The van der Waals surface area contributed by atoms with Crippen LogP contribution in [-0.2, 0) is 0 Å². The molecule has 0 aliphatic rings. The Labute approximate surface area is 74.9 Å². The molecule has 0 aromatic carbocycles. The lowest BCUT2D eigenvalue weighted by Gasteiger charge is -1.92. The van der Waals surface area contributed by atoms with E-state index in [2.05, 4.69) is 15.0 Å². The molecule has 0 unspecified atom stereocenters. The van der Waals surface area contributed by atoms with Gasteiger partial charge in [0.25, 0.3) is 0 Å². The van der Waals surface area contributed by atoms with Crippen LogP contribution in [0.4, 0.5) is 0 Å². The molecule has 2 N–H and O–H groups in total. The van der Waals surface area contributed by atoms with Crippen LogP contribution in [0, 0.1) is 18.5 Å². The Morgan fingerprint density at radius 2 is 2.08 bits per heavy atom. The first-order chi connectivity index (χ1) is 5.66. The minimum Gasteiger partial charge on any atom is -0.355 e. The van der Waals surface area contributed by atoms with Crippen molar-refractivity contribution in [3.8, 4) is 0 Å². The topological polar surface area (TPSA) is 44.5 Å². The Kier molecular flexibility index (Phi) is 1.51. The molecule has 2 aromatic heterocycles. The van der Waals surface area contributed by atoms with Gasteiger partial charge in [0.05, 0.1) is 11.0 Å². The highest BCUT2D eigenvalue weighted by Crippen LogP contribution is 2.12. The highest BCUT2D eigenvalue weighted by molar-refractivity contribution is 7.71. The van der Waals surface area contributed by atoms with Crippen molar-refractivity contribution in [1.29, 1.82) is 0 Å². The van der Waals surface area contributed by atoms with Crippen molar-refractivity contribution in [2.45, 2.75) is 13.8 Å². The minimum atomic E-state index is 0.634. The number of aromatic amines is 2. The van der Waals surface area contributed by atoms with Crippen LogP contribution in [0.25, 0.3) is 11.0 Å². The SMILES string of the molecule is Cc1cc2[nH]c(C)nc(=S)c2[nH]1. The Bertz CT molecular complexity index is 480. The monoisotopic (exact) mass is 179 g/mol. The predicted molar refractivity (Wildman–Crippen MR) is 50.8 cm³/mol. The highest BCUT2D eigenvalue weighted by atomic mass is 32.1. The molecule has 0 fully saturated rings. The van der Waals surface area contributed by atoms with Gasteiger partial charge in [-0.05, 0) is 19.9 Å². The maximum absolute atomic E-state index is 5.09. The van der Waals surface area contributed by atoms with Crippen LogP contribution < -0.4 is 0 Å². The normalized spacial score (nSPS) is 10.8. The van der Waals surface area contributed by atoms with E-state index in [1.165, 1.54) is 0 Å². The Morgan fingerprint density at radius 3 is 2.83 bits per heavy atom. The molecule has 0 saturated heterocycles. The quantitative estimate of drug-likeness (QED) is 0.609. The van der Waals surface area contributed by atoms with E-state index in [1.54, 1.807) is 0 Å². The van der Waals surface area contributed by atoms with Gasteiger partial charge in [-0.2, -0.15) is 0 Å². The summed E-state index contributed by atoms with van der Waals surface area (Å²) in [7, 11) is 0. The number of aryl methyl sites for hydroxylation is 2. The molecule has 0 saturated carbocycles. The molecule has 0 aliphatic heterocycles. The third-order valence-corrected chi connectivity index (χ3v) is 2.05. The molecule has 0 bridgehead atoms. The van der Waals surface area contributed by atoms with Crippen LogP contribution >= 0.6 is 12.2 Å². The average molecular weight is 179 g/mol. The molecule has 0 aliphatic carbocycles. The fourth-order valence-electron chi connectivity index (χ4n) is 1.29. The molecule has 2 rings (SSSR count). The third-order valence-electron chi connectivity index (χ3n) is 1.75. The minimum absolute atomic E-state index is 0.634. The number of nitrogens with one attached hydrogen (secondary N) is 2. The number of hydrogen-bond donors (Lipinski definition) is 2. The van der Waals surface area contributed by atoms with Crippen LogP contribution in [-0.4, -0.2) is 15.0 Å². The lowest BCUT2D eigenvalue weighted by atomic mass is 10.4. The molecule has 0 atom stereocenters. The number of hydrogen-bond acceptors (Lipinski definition) is 2. The van der Waals surface area contributed by atoms with Crippen molar-refractivity contribution >= 4 is 23.3 Å². The van der Waals surface area contributed by atoms with Crippen LogP contribution in [0.2, 0.25) is 0 Å². The Morgan fingerprint density at radius 1 is 1.33 bits per heavy atom.